The van der Waals surface area contributed by atoms with Gasteiger partial charge in [0.1, 0.15) is 0 Å². The van der Waals surface area contributed by atoms with E-state index in [1.807, 2.05) is 24.3 Å². The lowest BCUT2D eigenvalue weighted by molar-refractivity contribution is 0.0944. The molecular weight excluding hydrogens is 630 g/mol. The number of amides is 2. The molecule has 0 saturated carbocycles. The molecule has 0 aliphatic heterocycles. The third-order valence-corrected chi connectivity index (χ3v) is 8.76. The van der Waals surface area contributed by atoms with Gasteiger partial charge >= 0.3 is 0 Å². The van der Waals surface area contributed by atoms with Gasteiger partial charge in [-0.3, -0.25) is 9.59 Å². The van der Waals surface area contributed by atoms with Crippen molar-refractivity contribution in [2.24, 2.45) is 10.2 Å². The van der Waals surface area contributed by atoms with E-state index in [0.717, 1.165) is 0 Å². The largest absolute Gasteiger partial charge is 0.272 e. The third kappa shape index (κ3) is 8.27. The first-order valence-corrected chi connectivity index (χ1v) is 15.1. The first-order chi connectivity index (χ1) is 19.3. The van der Waals surface area contributed by atoms with Crippen LogP contribution in [-0.4, -0.2) is 24.2 Å². The third-order valence-electron chi connectivity index (χ3n) is 5.15. The van der Waals surface area contributed by atoms with Crippen LogP contribution in [0.5, 0.6) is 0 Å². The lowest BCUT2D eigenvalue weighted by Gasteiger charge is -2.10. The molecule has 4 aromatic rings. The van der Waals surface area contributed by atoms with Gasteiger partial charge in [-0.25, -0.2) is 10.9 Å². The standard InChI is InChI=1S/C28H18Cl4N4O2S2/c29-19-11-9-17(23(31)13-19)15-33-35-27(37)21-5-1-3-7-25(21)39-40-26-8-4-2-6-22(26)28(38)36-34-16-18-10-12-20(30)14-24(18)32/h1-16H,(H,35,37)(H,36,38). The maximum Gasteiger partial charge on any atom is 0.272 e. The van der Waals surface area contributed by atoms with Crippen LogP contribution in [0, 0.1) is 0 Å². The number of nitrogens with one attached hydrogen (secondary N) is 2. The highest BCUT2D eigenvalue weighted by Gasteiger charge is 2.15. The van der Waals surface area contributed by atoms with Crippen molar-refractivity contribution < 1.29 is 9.59 Å². The molecule has 202 valence electrons. The molecule has 0 spiro atoms. The monoisotopic (exact) mass is 646 g/mol. The molecule has 0 unspecified atom stereocenters. The van der Waals surface area contributed by atoms with Crippen molar-refractivity contribution in [3.63, 3.8) is 0 Å². The van der Waals surface area contributed by atoms with Crippen molar-refractivity contribution in [1.82, 2.24) is 10.9 Å². The van der Waals surface area contributed by atoms with Crippen LogP contribution < -0.4 is 10.9 Å². The number of hydrogen-bond donors (Lipinski definition) is 2. The Balaban J connectivity index is 1.41. The van der Waals surface area contributed by atoms with Crippen molar-refractivity contribution in [2.45, 2.75) is 9.79 Å². The fraction of sp³-hybridized carbons (Fsp3) is 0. The van der Waals surface area contributed by atoms with E-state index in [-0.39, 0.29) is 0 Å². The Morgan fingerprint density at radius 3 is 1.40 bits per heavy atom. The van der Waals surface area contributed by atoms with Gasteiger partial charge < -0.3 is 0 Å². The molecule has 2 N–H and O–H groups in total. The molecule has 0 aromatic heterocycles. The Labute approximate surface area is 258 Å². The van der Waals surface area contributed by atoms with Crippen LogP contribution in [0.4, 0.5) is 0 Å². The first kappa shape index (κ1) is 30.0. The number of carbonyl (C=O) groups is 2. The van der Waals surface area contributed by atoms with Gasteiger partial charge in [0.2, 0.25) is 0 Å². The van der Waals surface area contributed by atoms with Gasteiger partial charge in [0.15, 0.2) is 0 Å². The minimum absolute atomic E-state index is 0.397. The van der Waals surface area contributed by atoms with E-state index < -0.39 is 11.8 Å². The van der Waals surface area contributed by atoms with E-state index in [0.29, 0.717) is 52.1 Å². The van der Waals surface area contributed by atoms with Crippen LogP contribution in [0.2, 0.25) is 20.1 Å². The fourth-order valence-electron chi connectivity index (χ4n) is 3.20. The maximum atomic E-state index is 12.9. The smallest absolute Gasteiger partial charge is 0.267 e. The van der Waals surface area contributed by atoms with E-state index in [9.17, 15) is 9.59 Å². The summed E-state index contributed by atoms with van der Waals surface area (Å²) in [6, 6.07) is 24.1. The van der Waals surface area contributed by atoms with Crippen LogP contribution in [0.25, 0.3) is 0 Å². The van der Waals surface area contributed by atoms with Crippen molar-refractivity contribution in [1.29, 1.82) is 0 Å². The predicted molar refractivity (Wildman–Crippen MR) is 168 cm³/mol. The van der Waals surface area contributed by atoms with Gasteiger partial charge in [-0.1, -0.05) is 104 Å². The van der Waals surface area contributed by atoms with E-state index >= 15 is 0 Å². The van der Waals surface area contributed by atoms with Gasteiger partial charge in [-0.2, -0.15) is 10.2 Å². The van der Waals surface area contributed by atoms with Gasteiger partial charge in [0.25, 0.3) is 11.8 Å². The van der Waals surface area contributed by atoms with Crippen LogP contribution in [0.3, 0.4) is 0 Å². The summed E-state index contributed by atoms with van der Waals surface area (Å²) in [5, 5.41) is 9.87. The molecule has 6 nitrogen and oxygen atoms in total. The Morgan fingerprint density at radius 2 is 1.00 bits per heavy atom. The normalized spacial score (nSPS) is 11.2. The average Bonchev–Trinajstić information content (AvgIpc) is 2.94. The Hall–Kier alpha value is -2.98. The summed E-state index contributed by atoms with van der Waals surface area (Å²) >= 11 is 24.1. The number of benzene rings is 4. The summed E-state index contributed by atoms with van der Waals surface area (Å²) < 4.78 is 0. The molecular formula is C28H18Cl4N4O2S2. The number of rotatable bonds is 9. The van der Waals surface area contributed by atoms with Gasteiger partial charge in [-0.05, 0) is 48.5 Å². The summed E-state index contributed by atoms with van der Waals surface area (Å²) in [6.45, 7) is 0. The highest BCUT2D eigenvalue weighted by molar-refractivity contribution is 8.76. The molecule has 40 heavy (non-hydrogen) atoms. The highest BCUT2D eigenvalue weighted by Crippen LogP contribution is 2.40. The molecule has 0 aliphatic rings. The van der Waals surface area contributed by atoms with Gasteiger partial charge in [0.05, 0.1) is 33.6 Å². The molecule has 0 heterocycles. The predicted octanol–water partition coefficient (Wildman–Crippen LogP) is 8.63. The minimum atomic E-state index is -0.397. The topological polar surface area (TPSA) is 82.9 Å². The number of hydrogen-bond acceptors (Lipinski definition) is 6. The van der Waals surface area contributed by atoms with Crippen molar-refractivity contribution in [2.75, 3.05) is 0 Å². The van der Waals surface area contributed by atoms with Crippen molar-refractivity contribution in [3.05, 3.63) is 127 Å². The second-order valence-corrected chi connectivity index (χ2v) is 11.8. The zero-order chi connectivity index (χ0) is 28.5. The molecule has 4 rings (SSSR count). The zero-order valence-corrected chi connectivity index (χ0v) is 24.9. The lowest BCUT2D eigenvalue weighted by atomic mass is 10.2. The van der Waals surface area contributed by atoms with Crippen molar-refractivity contribution >= 4 is 92.2 Å². The Morgan fingerprint density at radius 1 is 0.600 bits per heavy atom. The molecule has 0 saturated heterocycles. The summed E-state index contributed by atoms with van der Waals surface area (Å²) in [5.41, 5.74) is 7.11. The Kier molecular flexibility index (Phi) is 10.9. The number of hydrazone groups is 2. The average molecular weight is 648 g/mol. The molecule has 0 radical (unpaired) electrons. The summed E-state index contributed by atoms with van der Waals surface area (Å²) in [5.74, 6) is -0.794. The van der Waals surface area contributed by atoms with Crippen molar-refractivity contribution in [3.8, 4) is 0 Å². The van der Waals surface area contributed by atoms with Crippen LogP contribution >= 0.6 is 68.0 Å². The van der Waals surface area contributed by atoms with E-state index in [1.165, 1.54) is 34.0 Å². The molecule has 12 heteroatoms. The zero-order valence-electron chi connectivity index (χ0n) is 20.3. The SMILES string of the molecule is O=C(NN=Cc1ccc(Cl)cc1Cl)c1ccccc1SSc1ccccc1C(=O)NN=Cc1ccc(Cl)cc1Cl. The first-order valence-electron chi connectivity index (χ1n) is 11.4. The van der Waals surface area contributed by atoms with Gasteiger partial charge in [-0.15, -0.1) is 0 Å². The molecule has 0 aliphatic carbocycles. The maximum absolute atomic E-state index is 12.9. The van der Waals surface area contributed by atoms with Crippen LogP contribution in [-0.2, 0) is 0 Å². The minimum Gasteiger partial charge on any atom is -0.267 e. The molecule has 2 amide bonds. The quantitative estimate of drug-likeness (QED) is 0.108. The molecule has 0 fully saturated rings. The molecule has 0 bridgehead atoms. The number of halogens is 4. The Bertz CT molecular complexity index is 1500. The van der Waals surface area contributed by atoms with Crippen LogP contribution in [0.1, 0.15) is 31.8 Å². The second-order valence-electron chi connectivity index (χ2n) is 7.89. The summed E-state index contributed by atoms with van der Waals surface area (Å²) in [4.78, 5) is 27.1. The summed E-state index contributed by atoms with van der Waals surface area (Å²) in [6.07, 6.45) is 2.89. The second kappa shape index (κ2) is 14.6. The highest BCUT2D eigenvalue weighted by atomic mass is 35.5. The molecule has 4 aromatic carbocycles. The van der Waals surface area contributed by atoms with Gasteiger partial charge in [0, 0.05) is 31.0 Å². The van der Waals surface area contributed by atoms with Crippen LogP contribution in [0.15, 0.2) is 105 Å². The fourth-order valence-corrected chi connectivity index (χ4v) is 6.47. The lowest BCUT2D eigenvalue weighted by Crippen LogP contribution is -2.18. The van der Waals surface area contributed by atoms with E-state index in [4.69, 9.17) is 46.4 Å². The summed E-state index contributed by atoms with van der Waals surface area (Å²) in [7, 11) is 2.68. The van der Waals surface area contributed by atoms with E-state index in [2.05, 4.69) is 21.1 Å². The van der Waals surface area contributed by atoms with E-state index in [1.54, 1.807) is 60.7 Å². The number of carbonyl (C=O) groups excluding carboxylic acids is 2. The number of nitrogens with zero attached hydrogens (tertiary/aromatic N) is 2. The molecule has 0 atom stereocenters.